The monoisotopic (exact) mass is 310 g/mol. The molecule has 0 bridgehead atoms. The van der Waals surface area contributed by atoms with Crippen molar-refractivity contribution in [2.45, 2.75) is 24.3 Å². The molecule has 1 spiro atoms. The lowest BCUT2D eigenvalue weighted by Gasteiger charge is -2.41. The van der Waals surface area contributed by atoms with Gasteiger partial charge in [0.05, 0.1) is 20.6 Å². The van der Waals surface area contributed by atoms with Gasteiger partial charge in [0, 0.05) is 29.4 Å². The molecule has 0 N–H and O–H groups in total. The summed E-state index contributed by atoms with van der Waals surface area (Å²) in [7, 11) is 4.62. The molecule has 4 heteroatoms. The highest BCUT2D eigenvalue weighted by Crippen LogP contribution is 2.60. The van der Waals surface area contributed by atoms with Gasteiger partial charge in [0.25, 0.3) is 0 Å². The van der Waals surface area contributed by atoms with E-state index in [0.29, 0.717) is 6.04 Å². The number of ether oxygens (including phenoxy) is 2. The number of carbonyl (C=O) groups is 1. The van der Waals surface area contributed by atoms with E-state index in [0.717, 1.165) is 35.4 Å². The molecular formula is C19H20NO3+. The number of quaternary nitrogens is 1. The molecule has 23 heavy (non-hydrogen) atoms. The minimum absolute atomic E-state index is 0.0641. The first-order valence-corrected chi connectivity index (χ1v) is 8.21. The third-order valence-corrected chi connectivity index (χ3v) is 6.01. The highest BCUT2D eigenvalue weighted by Gasteiger charge is 2.53. The summed E-state index contributed by atoms with van der Waals surface area (Å²) in [5, 5.41) is 0. The Bertz CT molecular complexity index is 787. The fourth-order valence-electron chi connectivity index (χ4n) is 4.72. The zero-order valence-electron chi connectivity index (χ0n) is 13.5. The Morgan fingerprint density at radius 3 is 2.78 bits per heavy atom. The van der Waals surface area contributed by atoms with Gasteiger partial charge >= 0.3 is 0 Å². The Kier molecular flexibility index (Phi) is 2.36. The van der Waals surface area contributed by atoms with E-state index in [9.17, 15) is 4.79 Å². The van der Waals surface area contributed by atoms with Crippen molar-refractivity contribution in [3.05, 3.63) is 47.1 Å². The number of rotatable bonds is 0. The number of hydrogen-bond donors (Lipinski definition) is 0. The Labute approximate surface area is 135 Å². The second-order valence-corrected chi connectivity index (χ2v) is 7.64. The summed E-state index contributed by atoms with van der Waals surface area (Å²) in [6.07, 6.45) is 9.61. The molecule has 2 aliphatic heterocycles. The molecule has 1 unspecified atom stereocenters. The number of likely N-dealkylation sites (N-methyl/N-ethyl adjacent to an activating group) is 1. The summed E-state index contributed by atoms with van der Waals surface area (Å²) in [5.41, 5.74) is 3.82. The van der Waals surface area contributed by atoms with Gasteiger partial charge in [-0.1, -0.05) is 12.2 Å². The molecule has 0 amide bonds. The third-order valence-electron chi connectivity index (χ3n) is 6.01. The second-order valence-electron chi connectivity index (χ2n) is 7.64. The van der Waals surface area contributed by atoms with E-state index in [1.165, 1.54) is 16.7 Å². The average molecular weight is 310 g/mol. The SMILES string of the molecule is C[N+]1(C)CCc2cc3c(c4c2C1CC41C=CC(=O)C=C1)OCO3. The lowest BCUT2D eigenvalue weighted by Crippen LogP contribution is -2.47. The van der Waals surface area contributed by atoms with Crippen LogP contribution in [0.15, 0.2) is 30.4 Å². The van der Waals surface area contributed by atoms with Crippen LogP contribution in [0.5, 0.6) is 11.5 Å². The van der Waals surface area contributed by atoms with Crippen LogP contribution in [-0.4, -0.2) is 37.7 Å². The number of ketones is 1. The fourth-order valence-corrected chi connectivity index (χ4v) is 4.72. The molecule has 0 fully saturated rings. The van der Waals surface area contributed by atoms with Crippen LogP contribution in [0.4, 0.5) is 0 Å². The first-order chi connectivity index (χ1) is 11.0. The summed E-state index contributed by atoms with van der Waals surface area (Å²) in [6.45, 7) is 1.41. The summed E-state index contributed by atoms with van der Waals surface area (Å²) < 4.78 is 12.5. The zero-order valence-corrected chi connectivity index (χ0v) is 13.5. The van der Waals surface area contributed by atoms with Gasteiger partial charge in [0.2, 0.25) is 6.79 Å². The van der Waals surface area contributed by atoms with E-state index < -0.39 is 0 Å². The molecule has 1 aromatic rings. The van der Waals surface area contributed by atoms with Gasteiger partial charge < -0.3 is 14.0 Å². The van der Waals surface area contributed by atoms with Crippen molar-refractivity contribution >= 4 is 5.78 Å². The molecule has 0 radical (unpaired) electrons. The summed E-state index contributed by atoms with van der Waals surface area (Å²) in [4.78, 5) is 11.7. The normalized spacial score (nSPS) is 27.6. The number of allylic oxidation sites excluding steroid dienone is 4. The maximum absolute atomic E-state index is 11.7. The maximum Gasteiger partial charge on any atom is 0.231 e. The molecule has 4 nitrogen and oxygen atoms in total. The first kappa shape index (κ1) is 13.4. The molecule has 118 valence electrons. The predicted octanol–water partition coefficient (Wildman–Crippen LogP) is 2.43. The molecule has 2 heterocycles. The van der Waals surface area contributed by atoms with Gasteiger partial charge in [-0.2, -0.15) is 0 Å². The van der Waals surface area contributed by atoms with Crippen LogP contribution < -0.4 is 9.47 Å². The van der Waals surface area contributed by atoms with Crippen LogP contribution >= 0.6 is 0 Å². The summed E-state index contributed by atoms with van der Waals surface area (Å²) in [5.74, 6) is 1.82. The molecule has 1 aromatic carbocycles. The third kappa shape index (κ3) is 1.62. The molecule has 5 rings (SSSR count). The van der Waals surface area contributed by atoms with E-state index in [1.54, 1.807) is 12.2 Å². The Hall–Kier alpha value is -2.07. The van der Waals surface area contributed by atoms with Crippen molar-refractivity contribution in [2.75, 3.05) is 27.4 Å². The number of carbonyl (C=O) groups excluding carboxylic acids is 1. The molecule has 0 saturated carbocycles. The zero-order chi connectivity index (χ0) is 15.8. The van der Waals surface area contributed by atoms with Gasteiger partial charge in [-0.3, -0.25) is 4.79 Å². The number of benzene rings is 1. The van der Waals surface area contributed by atoms with E-state index in [-0.39, 0.29) is 18.0 Å². The molecular weight excluding hydrogens is 290 g/mol. The largest absolute Gasteiger partial charge is 0.454 e. The second kappa shape index (κ2) is 4.06. The fraction of sp³-hybridized carbons (Fsp3) is 0.421. The average Bonchev–Trinajstić information content (AvgIpc) is 3.10. The minimum atomic E-state index is -0.235. The van der Waals surface area contributed by atoms with Gasteiger partial charge in [0.15, 0.2) is 17.3 Å². The molecule has 0 saturated heterocycles. The van der Waals surface area contributed by atoms with Crippen molar-refractivity contribution in [3.8, 4) is 11.5 Å². The Balaban J connectivity index is 1.82. The smallest absolute Gasteiger partial charge is 0.231 e. The molecule has 0 aromatic heterocycles. The number of nitrogens with zero attached hydrogens (tertiary/aromatic N) is 1. The lowest BCUT2D eigenvalue weighted by molar-refractivity contribution is -0.923. The van der Waals surface area contributed by atoms with E-state index in [4.69, 9.17) is 9.47 Å². The molecule has 4 aliphatic rings. The van der Waals surface area contributed by atoms with Crippen molar-refractivity contribution in [1.82, 2.24) is 0 Å². The van der Waals surface area contributed by atoms with Crippen LogP contribution in [0, 0.1) is 0 Å². The van der Waals surface area contributed by atoms with E-state index in [2.05, 4.69) is 32.3 Å². The predicted molar refractivity (Wildman–Crippen MR) is 85.6 cm³/mol. The maximum atomic E-state index is 11.7. The van der Waals surface area contributed by atoms with Gasteiger partial charge in [-0.25, -0.2) is 0 Å². The van der Waals surface area contributed by atoms with Gasteiger partial charge in [0.1, 0.15) is 6.04 Å². The van der Waals surface area contributed by atoms with Crippen LogP contribution in [0.3, 0.4) is 0 Å². The highest BCUT2D eigenvalue weighted by molar-refractivity contribution is 6.01. The first-order valence-electron chi connectivity index (χ1n) is 8.21. The van der Waals surface area contributed by atoms with Crippen molar-refractivity contribution in [2.24, 2.45) is 0 Å². The van der Waals surface area contributed by atoms with Crippen molar-refractivity contribution < 1.29 is 18.8 Å². The van der Waals surface area contributed by atoms with E-state index >= 15 is 0 Å². The Morgan fingerprint density at radius 1 is 1.22 bits per heavy atom. The molecule has 1 atom stereocenters. The van der Waals surface area contributed by atoms with Crippen molar-refractivity contribution in [3.63, 3.8) is 0 Å². The Morgan fingerprint density at radius 2 is 2.00 bits per heavy atom. The van der Waals surface area contributed by atoms with E-state index in [1.807, 2.05) is 0 Å². The minimum Gasteiger partial charge on any atom is -0.454 e. The number of hydrogen-bond acceptors (Lipinski definition) is 3. The standard InChI is InChI=1S/C19H20NO3/c1-20(2)8-5-12-9-15-18(23-11-22-15)17-16(12)14(20)10-19(17)6-3-13(21)4-7-19/h3-4,6-7,9,14H,5,8,10-11H2,1-2H3/q+1. The van der Waals surface area contributed by atoms with Gasteiger partial charge in [-0.15, -0.1) is 0 Å². The quantitative estimate of drug-likeness (QED) is 0.691. The summed E-state index contributed by atoms with van der Waals surface area (Å²) >= 11 is 0. The van der Waals surface area contributed by atoms with Gasteiger partial charge in [-0.05, 0) is 23.8 Å². The van der Waals surface area contributed by atoms with Crippen LogP contribution in [-0.2, 0) is 16.6 Å². The lowest BCUT2D eigenvalue weighted by atomic mass is 9.77. The number of fused-ring (bicyclic) bond motifs is 3. The summed E-state index contributed by atoms with van der Waals surface area (Å²) in [6, 6.07) is 2.61. The van der Waals surface area contributed by atoms with Crippen LogP contribution in [0.1, 0.15) is 29.2 Å². The van der Waals surface area contributed by atoms with Crippen LogP contribution in [0.2, 0.25) is 0 Å². The highest BCUT2D eigenvalue weighted by atomic mass is 16.7. The van der Waals surface area contributed by atoms with Crippen molar-refractivity contribution in [1.29, 1.82) is 0 Å². The van der Waals surface area contributed by atoms with Crippen LogP contribution in [0.25, 0.3) is 0 Å². The topological polar surface area (TPSA) is 35.5 Å². The molecule has 2 aliphatic carbocycles.